The molecule has 1 aromatic carbocycles. The summed E-state index contributed by atoms with van der Waals surface area (Å²) in [7, 11) is 0. The number of aryl methyl sites for hydroxylation is 2. The Morgan fingerprint density at radius 3 is 2.79 bits per heavy atom. The summed E-state index contributed by atoms with van der Waals surface area (Å²) in [4.78, 5) is 5.34. The third-order valence-electron chi connectivity index (χ3n) is 2.72. The molecule has 0 fully saturated rings. The van der Waals surface area contributed by atoms with Crippen molar-refractivity contribution in [1.29, 1.82) is 0 Å². The average molecular weight is 278 g/mol. The molecule has 0 atom stereocenters. The summed E-state index contributed by atoms with van der Waals surface area (Å²) >= 11 is 1.60. The number of nitrogens with two attached hydrogens (primary N) is 1. The molecule has 0 saturated carbocycles. The van der Waals surface area contributed by atoms with Crippen molar-refractivity contribution < 1.29 is 9.15 Å². The number of benzene rings is 1. The smallest absolute Gasteiger partial charge is 0.204 e. The second kappa shape index (κ2) is 6.02. The number of nitrogen functional groups attached to an aromatic ring is 1. The van der Waals surface area contributed by atoms with Crippen LogP contribution in [0.5, 0.6) is 5.75 Å². The van der Waals surface area contributed by atoms with E-state index in [1.165, 1.54) is 0 Å². The number of hydrogen-bond donors (Lipinski definition) is 1. The van der Waals surface area contributed by atoms with Gasteiger partial charge in [-0.05, 0) is 39.0 Å². The standard InChI is InChI=1S/C14H18N2O2S/c1-4-17-11-5-6-12(15)13(7-11)19-8-14-16-9(2)10(3)18-14/h5-7H,4,8,15H2,1-3H3. The van der Waals surface area contributed by atoms with E-state index in [2.05, 4.69) is 4.98 Å². The van der Waals surface area contributed by atoms with Gasteiger partial charge in [-0.15, -0.1) is 11.8 Å². The van der Waals surface area contributed by atoms with E-state index in [4.69, 9.17) is 14.9 Å². The average Bonchev–Trinajstić information content (AvgIpc) is 2.70. The highest BCUT2D eigenvalue weighted by Gasteiger charge is 2.08. The van der Waals surface area contributed by atoms with Crippen LogP contribution in [0, 0.1) is 13.8 Å². The number of aromatic nitrogens is 1. The Kier molecular flexibility index (Phi) is 4.37. The molecule has 2 N–H and O–H groups in total. The van der Waals surface area contributed by atoms with Gasteiger partial charge in [-0.1, -0.05) is 0 Å². The number of anilines is 1. The molecule has 0 saturated heterocycles. The number of oxazole rings is 1. The molecule has 0 bridgehead atoms. The van der Waals surface area contributed by atoms with Crippen molar-refractivity contribution in [2.75, 3.05) is 12.3 Å². The van der Waals surface area contributed by atoms with Crippen molar-refractivity contribution in [3.63, 3.8) is 0 Å². The maximum Gasteiger partial charge on any atom is 0.204 e. The lowest BCUT2D eigenvalue weighted by atomic mass is 10.3. The number of rotatable bonds is 5. The number of nitrogens with zero attached hydrogens (tertiary/aromatic N) is 1. The van der Waals surface area contributed by atoms with Crippen molar-refractivity contribution in [1.82, 2.24) is 4.98 Å². The molecule has 0 aliphatic rings. The molecule has 0 aliphatic heterocycles. The van der Waals surface area contributed by atoms with Crippen molar-refractivity contribution in [3.8, 4) is 5.75 Å². The van der Waals surface area contributed by atoms with Gasteiger partial charge in [0, 0.05) is 10.6 Å². The molecule has 0 radical (unpaired) electrons. The molecular formula is C14H18N2O2S. The summed E-state index contributed by atoms with van der Waals surface area (Å²) < 4.78 is 11.0. The van der Waals surface area contributed by atoms with Crippen LogP contribution in [0.1, 0.15) is 24.3 Å². The van der Waals surface area contributed by atoms with Gasteiger partial charge in [-0.2, -0.15) is 0 Å². The van der Waals surface area contributed by atoms with Gasteiger partial charge in [0.2, 0.25) is 5.89 Å². The summed E-state index contributed by atoms with van der Waals surface area (Å²) in [6.45, 7) is 6.46. The lowest BCUT2D eigenvalue weighted by molar-refractivity contribution is 0.339. The number of hydrogen-bond acceptors (Lipinski definition) is 5. The van der Waals surface area contributed by atoms with Crippen LogP contribution in [0.25, 0.3) is 0 Å². The fourth-order valence-corrected chi connectivity index (χ4v) is 2.47. The van der Waals surface area contributed by atoms with E-state index in [0.717, 1.165) is 33.7 Å². The molecule has 0 aliphatic carbocycles. The van der Waals surface area contributed by atoms with E-state index < -0.39 is 0 Å². The number of ether oxygens (including phenoxy) is 1. The van der Waals surface area contributed by atoms with Crippen LogP contribution in [-0.2, 0) is 5.75 Å². The zero-order valence-electron chi connectivity index (χ0n) is 11.4. The van der Waals surface area contributed by atoms with Crippen LogP contribution in [0.4, 0.5) is 5.69 Å². The molecule has 4 nitrogen and oxygen atoms in total. The van der Waals surface area contributed by atoms with Gasteiger partial charge in [0.1, 0.15) is 11.5 Å². The molecule has 102 valence electrons. The van der Waals surface area contributed by atoms with Gasteiger partial charge in [0.15, 0.2) is 0 Å². The first-order valence-electron chi connectivity index (χ1n) is 6.18. The van der Waals surface area contributed by atoms with Crippen molar-refractivity contribution >= 4 is 17.4 Å². The third kappa shape index (κ3) is 3.44. The summed E-state index contributed by atoms with van der Waals surface area (Å²) in [5.74, 6) is 3.08. The van der Waals surface area contributed by atoms with Crippen LogP contribution in [0.2, 0.25) is 0 Å². The Labute approximate surface area is 117 Å². The highest BCUT2D eigenvalue weighted by Crippen LogP contribution is 2.31. The Morgan fingerprint density at radius 1 is 1.37 bits per heavy atom. The minimum Gasteiger partial charge on any atom is -0.494 e. The first-order valence-corrected chi connectivity index (χ1v) is 7.16. The molecule has 0 unspecified atom stereocenters. The Morgan fingerprint density at radius 2 is 2.16 bits per heavy atom. The topological polar surface area (TPSA) is 61.3 Å². The lowest BCUT2D eigenvalue weighted by Gasteiger charge is -2.08. The van der Waals surface area contributed by atoms with Crippen LogP contribution < -0.4 is 10.5 Å². The first-order chi connectivity index (χ1) is 9.10. The van der Waals surface area contributed by atoms with Gasteiger partial charge in [-0.3, -0.25) is 0 Å². The summed E-state index contributed by atoms with van der Waals surface area (Å²) in [6, 6.07) is 5.69. The van der Waals surface area contributed by atoms with Gasteiger partial charge in [0.25, 0.3) is 0 Å². The minimum atomic E-state index is 0.645. The molecule has 19 heavy (non-hydrogen) atoms. The van der Waals surface area contributed by atoms with E-state index >= 15 is 0 Å². The quantitative estimate of drug-likeness (QED) is 0.669. The van der Waals surface area contributed by atoms with Gasteiger partial charge < -0.3 is 14.9 Å². The maximum absolute atomic E-state index is 5.96. The predicted octanol–water partition coefficient (Wildman–Crippen LogP) is 3.56. The van der Waals surface area contributed by atoms with E-state index in [0.29, 0.717) is 12.4 Å². The molecule has 5 heteroatoms. The highest BCUT2D eigenvalue weighted by molar-refractivity contribution is 7.98. The van der Waals surface area contributed by atoms with E-state index in [-0.39, 0.29) is 0 Å². The van der Waals surface area contributed by atoms with Crippen molar-refractivity contribution in [3.05, 3.63) is 35.5 Å². The molecular weight excluding hydrogens is 260 g/mol. The first kappa shape index (κ1) is 13.8. The van der Waals surface area contributed by atoms with E-state index in [9.17, 15) is 0 Å². The number of thioether (sulfide) groups is 1. The maximum atomic E-state index is 5.96. The van der Waals surface area contributed by atoms with Crippen molar-refractivity contribution in [2.24, 2.45) is 0 Å². The SMILES string of the molecule is CCOc1ccc(N)c(SCc2nc(C)c(C)o2)c1. The fourth-order valence-electron chi connectivity index (χ4n) is 1.64. The van der Waals surface area contributed by atoms with Gasteiger partial charge in [-0.25, -0.2) is 4.98 Å². The second-order valence-corrected chi connectivity index (χ2v) is 5.19. The third-order valence-corrected chi connectivity index (χ3v) is 3.78. The molecule has 1 heterocycles. The minimum absolute atomic E-state index is 0.645. The Bertz CT molecular complexity index is 547. The summed E-state index contributed by atoms with van der Waals surface area (Å²) in [6.07, 6.45) is 0. The summed E-state index contributed by atoms with van der Waals surface area (Å²) in [5, 5.41) is 0. The Balaban J connectivity index is 2.07. The van der Waals surface area contributed by atoms with E-state index in [1.807, 2.05) is 39.0 Å². The second-order valence-electron chi connectivity index (χ2n) is 4.17. The Hall–Kier alpha value is -1.62. The van der Waals surface area contributed by atoms with E-state index in [1.54, 1.807) is 11.8 Å². The molecule has 1 aromatic heterocycles. The lowest BCUT2D eigenvalue weighted by Crippen LogP contribution is -1.94. The largest absolute Gasteiger partial charge is 0.494 e. The fraction of sp³-hybridized carbons (Fsp3) is 0.357. The monoisotopic (exact) mass is 278 g/mol. The zero-order chi connectivity index (χ0) is 13.8. The van der Waals surface area contributed by atoms with Gasteiger partial charge >= 0.3 is 0 Å². The molecule has 2 aromatic rings. The van der Waals surface area contributed by atoms with Crippen LogP contribution in [-0.4, -0.2) is 11.6 Å². The molecule has 0 amide bonds. The van der Waals surface area contributed by atoms with Gasteiger partial charge in [0.05, 0.1) is 18.1 Å². The molecule has 0 spiro atoms. The van der Waals surface area contributed by atoms with Crippen LogP contribution >= 0.6 is 11.8 Å². The highest BCUT2D eigenvalue weighted by atomic mass is 32.2. The zero-order valence-corrected chi connectivity index (χ0v) is 12.2. The van der Waals surface area contributed by atoms with Crippen LogP contribution in [0.15, 0.2) is 27.5 Å². The predicted molar refractivity (Wildman–Crippen MR) is 77.6 cm³/mol. The normalized spacial score (nSPS) is 10.7. The molecule has 2 rings (SSSR count). The van der Waals surface area contributed by atoms with Crippen LogP contribution in [0.3, 0.4) is 0 Å². The van der Waals surface area contributed by atoms with Crippen molar-refractivity contribution in [2.45, 2.75) is 31.4 Å². The summed E-state index contributed by atoms with van der Waals surface area (Å²) in [5.41, 5.74) is 7.64.